The number of halogens is 1. The predicted octanol–water partition coefficient (Wildman–Crippen LogP) is 2.16. The van der Waals surface area contributed by atoms with Crippen LogP contribution in [0.15, 0.2) is 53.5 Å². The maximum atomic E-state index is 13.0. The number of likely N-dealkylation sites (tertiary alicyclic amines) is 1. The van der Waals surface area contributed by atoms with Crippen molar-refractivity contribution in [2.45, 2.75) is 32.0 Å². The summed E-state index contributed by atoms with van der Waals surface area (Å²) in [7, 11) is 0. The zero-order valence-electron chi connectivity index (χ0n) is 17.0. The van der Waals surface area contributed by atoms with Crippen LogP contribution in [0.1, 0.15) is 29.5 Å². The molecule has 2 aromatic carbocycles. The molecule has 4 rings (SSSR count). The summed E-state index contributed by atoms with van der Waals surface area (Å²) in [6, 6.07) is 13.9. The van der Waals surface area contributed by atoms with Gasteiger partial charge in [-0.25, -0.2) is 4.39 Å². The predicted molar refractivity (Wildman–Crippen MR) is 113 cm³/mol. The van der Waals surface area contributed by atoms with Crippen LogP contribution in [0, 0.1) is 12.7 Å². The van der Waals surface area contributed by atoms with Crippen molar-refractivity contribution in [3.05, 3.63) is 71.0 Å². The van der Waals surface area contributed by atoms with Crippen LogP contribution < -0.4 is 10.6 Å². The average molecular weight is 408 g/mol. The summed E-state index contributed by atoms with van der Waals surface area (Å²) < 4.78 is 13.0. The Bertz CT molecular complexity index is 979. The highest BCUT2D eigenvalue weighted by molar-refractivity contribution is 6.46. The summed E-state index contributed by atoms with van der Waals surface area (Å²) in [6.45, 7) is 4.01. The topological polar surface area (TPSA) is 73.8 Å². The van der Waals surface area contributed by atoms with E-state index in [9.17, 15) is 14.0 Å². The summed E-state index contributed by atoms with van der Waals surface area (Å²) >= 11 is 0. The van der Waals surface area contributed by atoms with Gasteiger partial charge in [-0.05, 0) is 30.7 Å². The third-order valence-electron chi connectivity index (χ3n) is 5.63. The second-order valence-electron chi connectivity index (χ2n) is 7.99. The van der Waals surface area contributed by atoms with Gasteiger partial charge in [0.15, 0.2) is 0 Å². The van der Waals surface area contributed by atoms with E-state index < -0.39 is 5.66 Å². The highest BCUT2D eigenvalue weighted by Gasteiger charge is 2.42. The molecule has 2 N–H and O–H groups in total. The lowest BCUT2D eigenvalue weighted by atomic mass is 9.98. The number of carbonyl (C=O) groups excluding carboxylic acids is 2. The average Bonchev–Trinajstić information content (AvgIpc) is 3.05. The lowest BCUT2D eigenvalue weighted by Crippen LogP contribution is -2.52. The minimum atomic E-state index is -0.572. The van der Waals surface area contributed by atoms with E-state index in [0.717, 1.165) is 16.7 Å². The van der Waals surface area contributed by atoms with Crippen LogP contribution >= 0.6 is 0 Å². The van der Waals surface area contributed by atoms with E-state index in [1.54, 1.807) is 12.1 Å². The van der Waals surface area contributed by atoms with Crippen LogP contribution in [0.25, 0.3) is 0 Å². The van der Waals surface area contributed by atoms with E-state index in [1.807, 2.05) is 31.2 Å². The monoisotopic (exact) mass is 408 g/mol. The number of piperidine rings is 1. The standard InChI is InChI=1S/C23H25FN4O2/c1-16-3-2-4-18(13-16)21-22(30)27-23(26-21)9-11-28(12-10-23)15-20(29)25-14-17-5-7-19(24)8-6-17/h2-8,13H,9-12,14-15H2,1H3,(H,25,29)(H,27,30). The molecule has 2 aliphatic rings. The fourth-order valence-corrected chi connectivity index (χ4v) is 3.93. The lowest BCUT2D eigenvalue weighted by Gasteiger charge is -2.36. The first kappa shape index (κ1) is 20.2. The van der Waals surface area contributed by atoms with Crippen LogP contribution in [0.3, 0.4) is 0 Å². The summed E-state index contributed by atoms with van der Waals surface area (Å²) in [5.74, 6) is -0.500. The van der Waals surface area contributed by atoms with E-state index in [0.29, 0.717) is 44.7 Å². The van der Waals surface area contributed by atoms with Gasteiger partial charge in [0.1, 0.15) is 17.2 Å². The molecular formula is C23H25FN4O2. The van der Waals surface area contributed by atoms with Crippen molar-refractivity contribution in [1.29, 1.82) is 0 Å². The van der Waals surface area contributed by atoms with E-state index in [2.05, 4.69) is 15.5 Å². The molecule has 0 saturated carbocycles. The Kier molecular flexibility index (Phi) is 5.63. The fraction of sp³-hybridized carbons (Fsp3) is 0.348. The Morgan fingerprint density at radius 2 is 1.93 bits per heavy atom. The zero-order valence-corrected chi connectivity index (χ0v) is 17.0. The molecule has 7 heteroatoms. The highest BCUT2D eigenvalue weighted by atomic mass is 19.1. The smallest absolute Gasteiger partial charge is 0.272 e. The number of benzene rings is 2. The van der Waals surface area contributed by atoms with Crippen LogP contribution in [0.2, 0.25) is 0 Å². The van der Waals surface area contributed by atoms with E-state index in [1.165, 1.54) is 12.1 Å². The molecule has 1 fully saturated rings. The third-order valence-corrected chi connectivity index (χ3v) is 5.63. The van der Waals surface area contributed by atoms with Gasteiger partial charge in [-0.1, -0.05) is 35.9 Å². The minimum Gasteiger partial charge on any atom is -0.351 e. The fourth-order valence-electron chi connectivity index (χ4n) is 3.93. The normalized spacial score (nSPS) is 18.2. The molecule has 0 aromatic heterocycles. The number of rotatable bonds is 5. The SMILES string of the molecule is Cc1cccc(C2=NC3(CCN(CC(=O)NCc4ccc(F)cc4)CC3)NC2=O)c1. The van der Waals surface area contributed by atoms with Gasteiger partial charge in [-0.2, -0.15) is 0 Å². The number of nitrogens with zero attached hydrogens (tertiary/aromatic N) is 2. The summed E-state index contributed by atoms with van der Waals surface area (Å²) in [5, 5.41) is 5.93. The second kappa shape index (κ2) is 8.36. The van der Waals surface area contributed by atoms with Gasteiger partial charge in [0, 0.05) is 38.0 Å². The van der Waals surface area contributed by atoms with Gasteiger partial charge < -0.3 is 10.6 Å². The number of aryl methyl sites for hydroxylation is 1. The van der Waals surface area contributed by atoms with Crippen molar-refractivity contribution in [3.63, 3.8) is 0 Å². The van der Waals surface area contributed by atoms with Gasteiger partial charge in [0.25, 0.3) is 5.91 Å². The molecular weight excluding hydrogens is 383 g/mol. The Labute approximate surface area is 175 Å². The molecule has 30 heavy (non-hydrogen) atoms. The molecule has 6 nitrogen and oxygen atoms in total. The summed E-state index contributed by atoms with van der Waals surface area (Å²) in [4.78, 5) is 31.6. The number of nitrogens with one attached hydrogen (secondary N) is 2. The van der Waals surface area contributed by atoms with Gasteiger partial charge in [0.2, 0.25) is 5.91 Å². The van der Waals surface area contributed by atoms with Gasteiger partial charge >= 0.3 is 0 Å². The number of hydrogen-bond donors (Lipinski definition) is 2. The highest BCUT2D eigenvalue weighted by Crippen LogP contribution is 2.28. The molecule has 1 saturated heterocycles. The molecule has 0 aliphatic carbocycles. The van der Waals surface area contributed by atoms with Crippen molar-refractivity contribution in [2.75, 3.05) is 19.6 Å². The number of amides is 2. The first-order valence-electron chi connectivity index (χ1n) is 10.2. The van der Waals surface area contributed by atoms with Crippen molar-refractivity contribution < 1.29 is 14.0 Å². The second-order valence-corrected chi connectivity index (χ2v) is 7.99. The molecule has 0 atom stereocenters. The number of aliphatic imine (C=N–C) groups is 1. The molecule has 0 unspecified atom stereocenters. The van der Waals surface area contributed by atoms with Gasteiger partial charge in [-0.3, -0.25) is 19.5 Å². The van der Waals surface area contributed by atoms with Crippen LogP contribution in [0.4, 0.5) is 4.39 Å². The zero-order chi connectivity index (χ0) is 21.1. The number of hydrogen-bond acceptors (Lipinski definition) is 4. The lowest BCUT2D eigenvalue weighted by molar-refractivity contribution is -0.123. The quantitative estimate of drug-likeness (QED) is 0.796. The van der Waals surface area contributed by atoms with Crippen molar-refractivity contribution in [1.82, 2.24) is 15.5 Å². The van der Waals surface area contributed by atoms with E-state index in [4.69, 9.17) is 4.99 Å². The first-order chi connectivity index (χ1) is 14.4. The molecule has 0 radical (unpaired) electrons. The number of carbonyl (C=O) groups is 2. The van der Waals surface area contributed by atoms with Crippen LogP contribution in [-0.4, -0.2) is 47.7 Å². The molecule has 1 spiro atoms. The van der Waals surface area contributed by atoms with E-state index >= 15 is 0 Å². The first-order valence-corrected chi connectivity index (χ1v) is 10.2. The molecule has 2 aromatic rings. The molecule has 0 bridgehead atoms. The Balaban J connectivity index is 1.30. The van der Waals surface area contributed by atoms with Crippen LogP contribution in [0.5, 0.6) is 0 Å². The minimum absolute atomic E-state index is 0.0744. The maximum Gasteiger partial charge on any atom is 0.272 e. The molecule has 2 amide bonds. The third kappa shape index (κ3) is 4.57. The Hall–Kier alpha value is -3.06. The summed E-state index contributed by atoms with van der Waals surface area (Å²) in [6.07, 6.45) is 1.33. The summed E-state index contributed by atoms with van der Waals surface area (Å²) in [5.41, 5.74) is 2.70. The molecule has 2 aliphatic heterocycles. The van der Waals surface area contributed by atoms with Crippen molar-refractivity contribution >= 4 is 17.5 Å². The largest absolute Gasteiger partial charge is 0.351 e. The Morgan fingerprint density at radius 1 is 1.20 bits per heavy atom. The molecule has 156 valence electrons. The Morgan fingerprint density at radius 3 is 2.63 bits per heavy atom. The van der Waals surface area contributed by atoms with Crippen LogP contribution in [-0.2, 0) is 16.1 Å². The van der Waals surface area contributed by atoms with Gasteiger partial charge in [-0.15, -0.1) is 0 Å². The maximum absolute atomic E-state index is 13.0. The molecule has 2 heterocycles. The van der Waals surface area contributed by atoms with Crippen molar-refractivity contribution in [3.8, 4) is 0 Å². The van der Waals surface area contributed by atoms with Gasteiger partial charge in [0.05, 0.1) is 6.54 Å². The van der Waals surface area contributed by atoms with E-state index in [-0.39, 0.29) is 17.6 Å². The van der Waals surface area contributed by atoms with Crippen molar-refractivity contribution in [2.24, 2.45) is 4.99 Å².